The molecule has 0 spiro atoms. The van der Waals surface area contributed by atoms with Gasteiger partial charge in [0.25, 0.3) is 0 Å². The fourth-order valence-electron chi connectivity index (χ4n) is 5.26. The molecule has 3 aliphatic rings. The van der Waals surface area contributed by atoms with E-state index in [4.69, 9.17) is 18.8 Å². The number of hydrogen-bond donors (Lipinski definition) is 0. The number of ether oxygens (including phenoxy) is 2. The van der Waals surface area contributed by atoms with Crippen molar-refractivity contribution in [1.82, 2.24) is 0 Å². The number of fused-ring (bicyclic) bond motifs is 1. The highest BCUT2D eigenvalue weighted by Crippen LogP contribution is 2.60. The average molecular weight is 404 g/mol. The number of methoxy groups -OCH3 is 2. The van der Waals surface area contributed by atoms with E-state index in [-0.39, 0.29) is 17.7 Å². The predicted molar refractivity (Wildman–Crippen MR) is 110 cm³/mol. The van der Waals surface area contributed by atoms with Crippen molar-refractivity contribution in [3.63, 3.8) is 0 Å². The van der Waals surface area contributed by atoms with E-state index in [9.17, 15) is 9.59 Å². The molecule has 0 aromatic carbocycles. The molecule has 0 aromatic rings. The second kappa shape index (κ2) is 7.27. The molecule has 1 aliphatic heterocycles. The molecule has 2 aliphatic carbocycles. The molecule has 1 saturated carbocycles. The van der Waals surface area contributed by atoms with E-state index in [0.29, 0.717) is 0 Å². The lowest BCUT2D eigenvalue weighted by Crippen LogP contribution is -2.48. The standard InChI is InChI=1S/C22H33BO6/c1-13(2)14-12-22(18(24)26-7,19(25)27-8)15-10-9-11-16(17(14)15)23-28-20(3,4)21(5,6)29-23/h12,15-17H,1,9-11H2,2-8H3/t15-,16+,17-/m1/s1. The minimum absolute atomic E-state index is 0.00828. The van der Waals surface area contributed by atoms with Crippen molar-refractivity contribution < 1.29 is 28.4 Å². The largest absolute Gasteiger partial charge is 0.468 e. The first-order valence-corrected chi connectivity index (χ1v) is 10.3. The van der Waals surface area contributed by atoms with E-state index in [1.807, 2.05) is 34.6 Å². The van der Waals surface area contributed by atoms with Gasteiger partial charge in [0.2, 0.25) is 0 Å². The van der Waals surface area contributed by atoms with Gasteiger partial charge in [-0.2, -0.15) is 0 Å². The normalized spacial score (nSPS) is 31.6. The van der Waals surface area contributed by atoms with Gasteiger partial charge in [0.15, 0.2) is 5.41 Å². The molecule has 160 valence electrons. The minimum atomic E-state index is -1.45. The van der Waals surface area contributed by atoms with Crippen LogP contribution in [0.4, 0.5) is 0 Å². The molecule has 29 heavy (non-hydrogen) atoms. The van der Waals surface area contributed by atoms with Crippen LogP contribution in [-0.4, -0.2) is 44.5 Å². The van der Waals surface area contributed by atoms with Crippen molar-refractivity contribution in [2.45, 2.75) is 70.9 Å². The maximum absolute atomic E-state index is 12.9. The highest BCUT2D eigenvalue weighted by molar-refractivity contribution is 6.47. The van der Waals surface area contributed by atoms with Crippen LogP contribution in [-0.2, 0) is 28.4 Å². The van der Waals surface area contributed by atoms with Gasteiger partial charge in [0.05, 0.1) is 25.4 Å². The van der Waals surface area contributed by atoms with Crippen molar-refractivity contribution in [1.29, 1.82) is 0 Å². The van der Waals surface area contributed by atoms with E-state index < -0.39 is 35.7 Å². The Morgan fingerprint density at radius 1 is 1.07 bits per heavy atom. The smallest absolute Gasteiger partial charge is 0.461 e. The third-order valence-electron chi connectivity index (χ3n) is 7.43. The number of hydrogen-bond acceptors (Lipinski definition) is 6. The molecular weight excluding hydrogens is 371 g/mol. The molecule has 7 heteroatoms. The lowest BCUT2D eigenvalue weighted by molar-refractivity contribution is -0.170. The first-order valence-electron chi connectivity index (χ1n) is 10.3. The summed E-state index contributed by atoms with van der Waals surface area (Å²) in [7, 11) is 2.20. The van der Waals surface area contributed by atoms with Gasteiger partial charge in [-0.05, 0) is 58.4 Å². The van der Waals surface area contributed by atoms with Crippen LogP contribution < -0.4 is 0 Å². The van der Waals surface area contributed by atoms with Crippen LogP contribution in [0.3, 0.4) is 0 Å². The number of carbonyl (C=O) groups excluding carboxylic acids is 2. The number of allylic oxidation sites excluding steroid dienone is 2. The Morgan fingerprint density at radius 3 is 2.03 bits per heavy atom. The average Bonchev–Trinajstić information content (AvgIpc) is 3.12. The third-order valence-corrected chi connectivity index (χ3v) is 7.43. The molecule has 0 unspecified atom stereocenters. The molecule has 3 atom stereocenters. The van der Waals surface area contributed by atoms with E-state index in [2.05, 4.69) is 6.58 Å². The van der Waals surface area contributed by atoms with Crippen LogP contribution in [0, 0.1) is 17.3 Å². The van der Waals surface area contributed by atoms with Gasteiger partial charge >= 0.3 is 19.1 Å². The van der Waals surface area contributed by atoms with Gasteiger partial charge in [0.1, 0.15) is 0 Å². The lowest BCUT2D eigenvalue weighted by atomic mass is 9.53. The van der Waals surface area contributed by atoms with Crippen molar-refractivity contribution in [3.8, 4) is 0 Å². The summed E-state index contributed by atoms with van der Waals surface area (Å²) in [5.74, 6) is -1.51. The van der Waals surface area contributed by atoms with Crippen molar-refractivity contribution in [2.75, 3.05) is 14.2 Å². The Morgan fingerprint density at radius 2 is 1.59 bits per heavy atom. The topological polar surface area (TPSA) is 71.1 Å². The van der Waals surface area contributed by atoms with E-state index in [1.165, 1.54) is 14.2 Å². The second-order valence-corrected chi connectivity index (χ2v) is 9.58. The summed E-state index contributed by atoms with van der Waals surface area (Å²) in [6.45, 7) is 14.2. The zero-order valence-electron chi connectivity index (χ0n) is 18.7. The number of esters is 2. The van der Waals surface area contributed by atoms with Gasteiger partial charge < -0.3 is 18.8 Å². The van der Waals surface area contributed by atoms with Crippen molar-refractivity contribution in [2.24, 2.45) is 17.3 Å². The zero-order chi connectivity index (χ0) is 21.8. The summed E-state index contributed by atoms with van der Waals surface area (Å²) in [5.41, 5.74) is -0.607. The second-order valence-electron chi connectivity index (χ2n) is 9.58. The van der Waals surface area contributed by atoms with E-state index >= 15 is 0 Å². The maximum Gasteiger partial charge on any atom is 0.461 e. The summed E-state index contributed by atoms with van der Waals surface area (Å²) >= 11 is 0. The molecule has 1 heterocycles. The van der Waals surface area contributed by atoms with Gasteiger partial charge in [-0.1, -0.05) is 31.1 Å². The Balaban J connectivity index is 2.07. The monoisotopic (exact) mass is 404 g/mol. The van der Waals surface area contributed by atoms with Crippen LogP contribution in [0.5, 0.6) is 0 Å². The predicted octanol–water partition coefficient (Wildman–Crippen LogP) is 3.71. The molecule has 3 rings (SSSR count). The van der Waals surface area contributed by atoms with Gasteiger partial charge in [-0.3, -0.25) is 9.59 Å². The minimum Gasteiger partial charge on any atom is -0.468 e. The first kappa shape index (κ1) is 22.1. The molecule has 0 radical (unpaired) electrons. The first-order chi connectivity index (χ1) is 13.4. The lowest BCUT2D eigenvalue weighted by Gasteiger charge is -2.41. The quantitative estimate of drug-likeness (QED) is 0.404. The van der Waals surface area contributed by atoms with Crippen LogP contribution in [0.15, 0.2) is 23.8 Å². The fraction of sp³-hybridized carbons (Fsp3) is 0.727. The van der Waals surface area contributed by atoms with E-state index in [1.54, 1.807) is 6.08 Å². The highest BCUT2D eigenvalue weighted by Gasteiger charge is 2.65. The van der Waals surface area contributed by atoms with Crippen LogP contribution in [0.25, 0.3) is 0 Å². The summed E-state index contributed by atoms with van der Waals surface area (Å²) in [4.78, 5) is 25.9. The molecule has 2 fully saturated rings. The van der Waals surface area contributed by atoms with E-state index in [0.717, 1.165) is 30.4 Å². The van der Waals surface area contributed by atoms with Crippen LogP contribution in [0.2, 0.25) is 5.82 Å². The van der Waals surface area contributed by atoms with Crippen molar-refractivity contribution in [3.05, 3.63) is 23.8 Å². The van der Waals surface area contributed by atoms with Gasteiger partial charge in [-0.25, -0.2) is 0 Å². The SMILES string of the molecule is C=C(C)C1=CC(C(=O)OC)(C(=O)OC)[C@@H]2CCC[C@H](B3OC(C)(C)C(C)(C)O3)[C@H]12. The number of carbonyl (C=O) groups is 2. The molecular formula is C22H33BO6. The Hall–Kier alpha value is -1.60. The van der Waals surface area contributed by atoms with Crippen LogP contribution in [0.1, 0.15) is 53.9 Å². The zero-order valence-corrected chi connectivity index (χ0v) is 18.7. The molecule has 0 aromatic heterocycles. The Kier molecular flexibility index (Phi) is 5.54. The Labute approximate surface area is 174 Å². The number of rotatable bonds is 4. The summed E-state index contributed by atoms with van der Waals surface area (Å²) in [6, 6.07) is 0. The highest BCUT2D eigenvalue weighted by atomic mass is 16.7. The maximum atomic E-state index is 12.9. The fourth-order valence-corrected chi connectivity index (χ4v) is 5.26. The molecule has 0 N–H and O–H groups in total. The van der Waals surface area contributed by atoms with Crippen LogP contribution >= 0.6 is 0 Å². The summed E-state index contributed by atoms with van der Waals surface area (Å²) < 4.78 is 22.9. The molecule has 0 bridgehead atoms. The molecule has 1 saturated heterocycles. The van der Waals surface area contributed by atoms with Gasteiger partial charge in [-0.15, -0.1) is 0 Å². The molecule has 0 amide bonds. The van der Waals surface area contributed by atoms with Gasteiger partial charge in [0, 0.05) is 5.82 Å². The Bertz CT molecular complexity index is 720. The van der Waals surface area contributed by atoms with Crippen molar-refractivity contribution >= 4 is 19.1 Å². The summed E-state index contributed by atoms with van der Waals surface area (Å²) in [5, 5.41) is 0. The molecule has 6 nitrogen and oxygen atoms in total. The summed E-state index contributed by atoms with van der Waals surface area (Å²) in [6.07, 6.45) is 4.22. The third kappa shape index (κ3) is 3.17.